The van der Waals surface area contributed by atoms with Crippen LogP contribution in [0.1, 0.15) is 24.5 Å². The molecule has 0 unspecified atom stereocenters. The Morgan fingerprint density at radius 2 is 2.06 bits per heavy atom. The van der Waals surface area contributed by atoms with Gasteiger partial charge in [0.05, 0.1) is 10.2 Å². The van der Waals surface area contributed by atoms with Crippen LogP contribution in [0.2, 0.25) is 0 Å². The van der Waals surface area contributed by atoms with Crippen LogP contribution in [-0.4, -0.2) is 15.0 Å². The first-order valence-electron chi connectivity index (χ1n) is 5.01. The number of halogens is 1. The van der Waals surface area contributed by atoms with Gasteiger partial charge in [-0.25, -0.2) is 15.0 Å². The summed E-state index contributed by atoms with van der Waals surface area (Å²) in [4.78, 5) is 12.8. The number of hydrogen-bond acceptors (Lipinski definition) is 5. The van der Waals surface area contributed by atoms with E-state index in [-0.39, 0.29) is 0 Å². The van der Waals surface area contributed by atoms with Crippen LogP contribution in [0.3, 0.4) is 0 Å². The van der Waals surface area contributed by atoms with E-state index in [1.807, 2.05) is 0 Å². The maximum atomic E-state index is 4.51. The second-order valence-electron chi connectivity index (χ2n) is 3.70. The van der Waals surface area contributed by atoms with Crippen molar-refractivity contribution >= 4 is 38.3 Å². The lowest BCUT2D eigenvalue weighted by Gasteiger charge is -1.99. The maximum absolute atomic E-state index is 4.51. The first-order valence-corrected chi connectivity index (χ1v) is 6.68. The molecule has 1 fully saturated rings. The Kier molecular flexibility index (Phi) is 2.61. The third-order valence-corrected chi connectivity index (χ3v) is 3.54. The van der Waals surface area contributed by atoms with Gasteiger partial charge >= 0.3 is 0 Å². The molecule has 0 amide bonds. The van der Waals surface area contributed by atoms with Gasteiger partial charge in [0.1, 0.15) is 0 Å². The zero-order chi connectivity index (χ0) is 11.0. The number of hydrogen-bond donors (Lipinski definition) is 1. The van der Waals surface area contributed by atoms with Gasteiger partial charge in [-0.15, -0.1) is 11.3 Å². The molecule has 0 aliphatic heterocycles. The number of nitrogens with one attached hydrogen (secondary N) is 1. The zero-order valence-electron chi connectivity index (χ0n) is 8.35. The summed E-state index contributed by atoms with van der Waals surface area (Å²) in [6.07, 6.45) is 5.98. The Hall–Kier alpha value is -1.01. The minimum atomic E-state index is 0.583. The average molecular weight is 297 g/mol. The van der Waals surface area contributed by atoms with Crippen molar-refractivity contribution in [2.24, 2.45) is 0 Å². The van der Waals surface area contributed by atoms with E-state index >= 15 is 0 Å². The van der Waals surface area contributed by atoms with E-state index in [2.05, 4.69) is 41.6 Å². The maximum Gasteiger partial charge on any atom is 0.228 e. The fourth-order valence-electron chi connectivity index (χ4n) is 1.38. The van der Waals surface area contributed by atoms with Crippen LogP contribution in [0.25, 0.3) is 0 Å². The van der Waals surface area contributed by atoms with Gasteiger partial charge in [0.2, 0.25) is 5.95 Å². The molecule has 2 heterocycles. The first kappa shape index (κ1) is 10.2. The lowest BCUT2D eigenvalue weighted by atomic mass is 10.3. The summed E-state index contributed by atoms with van der Waals surface area (Å²) in [5.74, 6) is 1.28. The van der Waals surface area contributed by atoms with Crippen molar-refractivity contribution in [1.29, 1.82) is 0 Å². The summed E-state index contributed by atoms with van der Waals surface area (Å²) in [6.45, 7) is 0. The Balaban J connectivity index is 1.75. The molecule has 0 bridgehead atoms. The minimum absolute atomic E-state index is 0.583. The zero-order valence-corrected chi connectivity index (χ0v) is 10.8. The number of aromatic nitrogens is 3. The van der Waals surface area contributed by atoms with E-state index < -0.39 is 0 Å². The van der Waals surface area contributed by atoms with Crippen LogP contribution in [0.5, 0.6) is 0 Å². The molecule has 82 valence electrons. The molecule has 4 nitrogen and oxygen atoms in total. The van der Waals surface area contributed by atoms with Gasteiger partial charge < -0.3 is 5.32 Å². The molecule has 0 aromatic carbocycles. The molecule has 0 spiro atoms. The van der Waals surface area contributed by atoms with Crippen molar-refractivity contribution in [1.82, 2.24) is 15.0 Å². The minimum Gasteiger partial charge on any atom is -0.300 e. The average Bonchev–Trinajstić information content (AvgIpc) is 3.04. The van der Waals surface area contributed by atoms with Crippen LogP contribution < -0.4 is 5.32 Å². The van der Waals surface area contributed by atoms with Crippen LogP contribution >= 0.6 is 27.3 Å². The van der Waals surface area contributed by atoms with E-state index in [0.29, 0.717) is 11.9 Å². The molecule has 0 atom stereocenters. The third-order valence-electron chi connectivity index (χ3n) is 2.36. The summed E-state index contributed by atoms with van der Waals surface area (Å²) in [5, 5.41) is 6.07. The fourth-order valence-corrected chi connectivity index (χ4v) is 2.37. The summed E-state index contributed by atoms with van der Waals surface area (Å²) in [5.41, 5.74) is 1.20. The SMILES string of the molecule is Brc1cnc(Nc2nc(C3CC3)cs2)nc1. The molecule has 1 aliphatic carbocycles. The van der Waals surface area contributed by atoms with E-state index in [4.69, 9.17) is 0 Å². The normalized spacial score (nSPS) is 15.1. The van der Waals surface area contributed by atoms with Gasteiger partial charge in [0, 0.05) is 23.7 Å². The molecule has 2 aromatic heterocycles. The molecular formula is C10H9BrN4S. The van der Waals surface area contributed by atoms with Crippen LogP contribution in [0, 0.1) is 0 Å². The Morgan fingerprint density at radius 1 is 1.31 bits per heavy atom. The van der Waals surface area contributed by atoms with Gasteiger partial charge in [-0.05, 0) is 28.8 Å². The number of anilines is 2. The largest absolute Gasteiger partial charge is 0.300 e. The monoisotopic (exact) mass is 296 g/mol. The second-order valence-corrected chi connectivity index (χ2v) is 5.48. The van der Waals surface area contributed by atoms with Crippen molar-refractivity contribution in [3.05, 3.63) is 27.9 Å². The van der Waals surface area contributed by atoms with Crippen molar-refractivity contribution in [2.45, 2.75) is 18.8 Å². The van der Waals surface area contributed by atoms with E-state index in [1.54, 1.807) is 23.7 Å². The lowest BCUT2D eigenvalue weighted by Crippen LogP contribution is -1.95. The van der Waals surface area contributed by atoms with Crippen molar-refractivity contribution in [3.8, 4) is 0 Å². The van der Waals surface area contributed by atoms with Gasteiger partial charge in [-0.1, -0.05) is 0 Å². The smallest absolute Gasteiger partial charge is 0.228 e. The lowest BCUT2D eigenvalue weighted by molar-refractivity contribution is 1.05. The standard InChI is InChI=1S/C10H9BrN4S/c11-7-3-12-9(13-4-7)15-10-14-8(5-16-10)6-1-2-6/h3-6H,1-2H2,(H,12,13,14,15). The van der Waals surface area contributed by atoms with E-state index in [1.165, 1.54) is 18.5 Å². The van der Waals surface area contributed by atoms with Crippen molar-refractivity contribution in [2.75, 3.05) is 5.32 Å². The molecule has 0 radical (unpaired) electrons. The highest BCUT2D eigenvalue weighted by molar-refractivity contribution is 9.10. The van der Waals surface area contributed by atoms with E-state index in [9.17, 15) is 0 Å². The van der Waals surface area contributed by atoms with Crippen LogP contribution in [0.15, 0.2) is 22.2 Å². The predicted octanol–water partition coefficient (Wildman–Crippen LogP) is 3.32. The summed E-state index contributed by atoms with van der Waals surface area (Å²) < 4.78 is 0.871. The number of nitrogens with zero attached hydrogens (tertiary/aromatic N) is 3. The highest BCUT2D eigenvalue weighted by Crippen LogP contribution is 2.41. The Bertz CT molecular complexity index is 492. The quantitative estimate of drug-likeness (QED) is 0.944. The van der Waals surface area contributed by atoms with Crippen LogP contribution in [-0.2, 0) is 0 Å². The highest BCUT2D eigenvalue weighted by atomic mass is 79.9. The van der Waals surface area contributed by atoms with Gasteiger partial charge in [-0.2, -0.15) is 0 Å². The molecule has 3 rings (SSSR count). The second kappa shape index (κ2) is 4.10. The molecule has 16 heavy (non-hydrogen) atoms. The molecule has 6 heteroatoms. The Morgan fingerprint density at radius 3 is 2.75 bits per heavy atom. The number of thiazole rings is 1. The van der Waals surface area contributed by atoms with Crippen LogP contribution in [0.4, 0.5) is 11.1 Å². The third kappa shape index (κ3) is 2.22. The summed E-state index contributed by atoms with van der Waals surface area (Å²) in [7, 11) is 0. The fraction of sp³-hybridized carbons (Fsp3) is 0.300. The molecule has 1 saturated carbocycles. The predicted molar refractivity (Wildman–Crippen MR) is 67.1 cm³/mol. The summed E-state index contributed by atoms with van der Waals surface area (Å²) >= 11 is 4.90. The first-order chi connectivity index (χ1) is 7.81. The van der Waals surface area contributed by atoms with Gasteiger partial charge in [0.15, 0.2) is 5.13 Å². The molecular weight excluding hydrogens is 288 g/mol. The van der Waals surface area contributed by atoms with Crippen molar-refractivity contribution in [3.63, 3.8) is 0 Å². The Labute approximate surface area is 105 Å². The molecule has 0 saturated heterocycles. The molecule has 1 N–H and O–H groups in total. The van der Waals surface area contributed by atoms with E-state index in [0.717, 1.165) is 9.60 Å². The molecule has 1 aliphatic rings. The summed E-state index contributed by atoms with van der Waals surface area (Å²) in [6, 6.07) is 0. The topological polar surface area (TPSA) is 50.7 Å². The highest BCUT2D eigenvalue weighted by Gasteiger charge is 2.26. The van der Waals surface area contributed by atoms with Crippen molar-refractivity contribution < 1.29 is 0 Å². The van der Waals surface area contributed by atoms with Gasteiger partial charge in [-0.3, -0.25) is 0 Å². The molecule has 2 aromatic rings. The number of rotatable bonds is 3. The van der Waals surface area contributed by atoms with Gasteiger partial charge in [0.25, 0.3) is 0 Å².